The van der Waals surface area contributed by atoms with Crippen molar-refractivity contribution in [2.45, 2.75) is 13.2 Å². The lowest BCUT2D eigenvalue weighted by Gasteiger charge is -2.24. The molecule has 0 aliphatic rings. The first-order valence-corrected chi connectivity index (χ1v) is 13.9. The number of pyridine rings is 2. The van der Waals surface area contributed by atoms with Crippen LogP contribution in [0.15, 0.2) is 126 Å². The summed E-state index contributed by atoms with van der Waals surface area (Å²) in [6.45, 7) is 1.16. The average molecular weight is 563 g/mol. The number of benzene rings is 3. The summed E-state index contributed by atoms with van der Waals surface area (Å²) in [5, 5.41) is 8.65. The summed E-state index contributed by atoms with van der Waals surface area (Å²) < 4.78 is 7.26. The number of rotatable bonds is 7. The van der Waals surface area contributed by atoms with E-state index in [9.17, 15) is 0 Å². The van der Waals surface area contributed by atoms with E-state index in [0.29, 0.717) is 12.4 Å². The molecule has 6 heteroatoms. The summed E-state index contributed by atoms with van der Waals surface area (Å²) in [5.74, 6) is 13.9. The van der Waals surface area contributed by atoms with E-state index < -0.39 is 0 Å². The van der Waals surface area contributed by atoms with Crippen LogP contribution in [0, 0.1) is 23.7 Å². The molecule has 6 nitrogen and oxygen atoms in total. The van der Waals surface area contributed by atoms with Crippen LogP contribution >= 0.6 is 0 Å². The van der Waals surface area contributed by atoms with Crippen molar-refractivity contribution in [1.82, 2.24) is 9.97 Å². The summed E-state index contributed by atoms with van der Waals surface area (Å²) >= 11 is 0. The predicted octanol–water partition coefficient (Wildman–Crippen LogP) is 7.48. The third-order valence-corrected chi connectivity index (χ3v) is 6.21. The predicted molar refractivity (Wildman–Crippen MR) is 170 cm³/mol. The van der Waals surface area contributed by atoms with Crippen LogP contribution in [-0.2, 0) is 13.2 Å². The van der Waals surface area contributed by atoms with Crippen LogP contribution in [0.25, 0.3) is 0 Å². The highest BCUT2D eigenvalue weighted by Crippen LogP contribution is 2.28. The third kappa shape index (κ3) is 8.96. The molecule has 0 unspecified atom stereocenters. The smallest absolute Gasteiger partial charge is 0.151 e. The van der Waals surface area contributed by atoms with Crippen LogP contribution in [0.5, 0.6) is 5.75 Å². The maximum atomic E-state index is 6.50. The number of azo groups is 1. The Labute approximate surface area is 253 Å². The summed E-state index contributed by atoms with van der Waals surface area (Å²) in [5.41, 5.74) is 7.03. The highest BCUT2D eigenvalue weighted by atomic mass is 16.5. The van der Waals surface area contributed by atoms with Gasteiger partial charge in [0.1, 0.15) is 13.2 Å². The second-order valence-electron chi connectivity index (χ2n) is 10.9. The first-order valence-electron chi connectivity index (χ1n) is 13.9. The fourth-order valence-electron chi connectivity index (χ4n) is 4.24. The lowest BCUT2D eigenvalue weighted by molar-refractivity contribution is -0.884. The van der Waals surface area contributed by atoms with E-state index in [1.807, 2.05) is 78.9 Å². The second-order valence-corrected chi connectivity index (χ2v) is 10.9. The Morgan fingerprint density at radius 1 is 0.605 bits per heavy atom. The maximum Gasteiger partial charge on any atom is 0.151 e. The summed E-state index contributed by atoms with van der Waals surface area (Å²) in [6.07, 6.45) is 6.96. The van der Waals surface area contributed by atoms with Crippen molar-refractivity contribution in [3.8, 4) is 29.4 Å². The van der Waals surface area contributed by atoms with E-state index in [1.165, 1.54) is 0 Å². The molecule has 0 aliphatic heterocycles. The number of hydrogen-bond acceptors (Lipinski definition) is 5. The molecule has 0 saturated heterocycles. The van der Waals surface area contributed by atoms with Crippen molar-refractivity contribution in [3.05, 3.63) is 149 Å². The molecule has 43 heavy (non-hydrogen) atoms. The Kier molecular flexibility index (Phi) is 9.34. The number of ether oxygens (including phenoxy) is 1. The Bertz CT molecular complexity index is 1730. The Morgan fingerprint density at radius 2 is 1.12 bits per heavy atom. The van der Waals surface area contributed by atoms with E-state index in [1.54, 1.807) is 24.8 Å². The van der Waals surface area contributed by atoms with Crippen molar-refractivity contribution < 1.29 is 9.22 Å². The molecule has 0 atom stereocenters. The van der Waals surface area contributed by atoms with E-state index >= 15 is 0 Å². The van der Waals surface area contributed by atoms with Crippen LogP contribution < -0.4 is 4.74 Å². The highest BCUT2D eigenvalue weighted by Gasteiger charge is 2.16. The van der Waals surface area contributed by atoms with Gasteiger partial charge >= 0.3 is 0 Å². The van der Waals surface area contributed by atoms with Gasteiger partial charge in [-0.25, -0.2) is 0 Å². The molecule has 0 radical (unpaired) electrons. The van der Waals surface area contributed by atoms with Gasteiger partial charge in [-0.1, -0.05) is 54.0 Å². The van der Waals surface area contributed by atoms with Crippen LogP contribution in [0.4, 0.5) is 11.4 Å². The van der Waals surface area contributed by atoms with E-state index in [2.05, 4.69) is 77.2 Å². The molecule has 0 N–H and O–H groups in total. The molecule has 0 aliphatic carbocycles. The van der Waals surface area contributed by atoms with Crippen LogP contribution in [-0.4, -0.2) is 35.6 Å². The molecule has 210 valence electrons. The Balaban J connectivity index is 1.48. The SMILES string of the molecule is C[N+](C)(C)Cc1cc(C#Cc2ccncc2)c(OCc2ccc(N=Nc3ccccc3)cc2)c(C#Cc2ccncc2)c1. The van der Waals surface area contributed by atoms with Crippen molar-refractivity contribution in [2.24, 2.45) is 10.2 Å². The average Bonchev–Trinajstić information content (AvgIpc) is 3.02. The number of nitrogens with zero attached hydrogens (tertiary/aromatic N) is 5. The van der Waals surface area contributed by atoms with Gasteiger partial charge < -0.3 is 9.22 Å². The lowest BCUT2D eigenvalue weighted by Crippen LogP contribution is -2.33. The van der Waals surface area contributed by atoms with Crippen molar-refractivity contribution in [3.63, 3.8) is 0 Å². The summed E-state index contributed by atoms with van der Waals surface area (Å²) in [4.78, 5) is 8.21. The van der Waals surface area contributed by atoms with Gasteiger partial charge in [0.25, 0.3) is 0 Å². The number of quaternary nitrogens is 1. The summed E-state index contributed by atoms with van der Waals surface area (Å²) in [7, 11) is 6.49. The molecular formula is C37H32N5O+. The molecule has 0 spiro atoms. The molecule has 2 aromatic heterocycles. The first-order chi connectivity index (χ1) is 20.9. The van der Waals surface area contributed by atoms with E-state index in [4.69, 9.17) is 4.74 Å². The highest BCUT2D eigenvalue weighted by molar-refractivity contribution is 5.61. The molecule has 0 bridgehead atoms. The van der Waals surface area contributed by atoms with Crippen molar-refractivity contribution in [1.29, 1.82) is 0 Å². The van der Waals surface area contributed by atoms with Crippen LogP contribution in [0.3, 0.4) is 0 Å². The zero-order valence-corrected chi connectivity index (χ0v) is 24.5. The summed E-state index contributed by atoms with van der Waals surface area (Å²) in [6, 6.07) is 29.3. The van der Waals surface area contributed by atoms with Crippen LogP contribution in [0.2, 0.25) is 0 Å². The maximum absolute atomic E-state index is 6.50. The number of aromatic nitrogens is 2. The normalized spacial score (nSPS) is 10.9. The first kappa shape index (κ1) is 29.0. The Morgan fingerprint density at radius 3 is 1.63 bits per heavy atom. The second kappa shape index (κ2) is 13.9. The van der Waals surface area contributed by atoms with E-state index in [-0.39, 0.29) is 0 Å². The van der Waals surface area contributed by atoms with Gasteiger partial charge in [-0.05, 0) is 66.2 Å². The van der Waals surface area contributed by atoms with E-state index in [0.717, 1.165) is 55.8 Å². The molecule has 0 saturated carbocycles. The number of hydrogen-bond donors (Lipinski definition) is 0. The quantitative estimate of drug-likeness (QED) is 0.117. The van der Waals surface area contributed by atoms with Gasteiger partial charge in [0.2, 0.25) is 0 Å². The zero-order valence-electron chi connectivity index (χ0n) is 24.5. The molecule has 5 rings (SSSR count). The minimum Gasteiger partial charge on any atom is -0.486 e. The van der Waals surface area contributed by atoms with Gasteiger partial charge in [0, 0.05) is 41.5 Å². The van der Waals surface area contributed by atoms with Gasteiger partial charge in [0.05, 0.1) is 43.6 Å². The van der Waals surface area contributed by atoms with Gasteiger partial charge in [0.15, 0.2) is 5.75 Å². The molecule has 3 aromatic carbocycles. The largest absolute Gasteiger partial charge is 0.486 e. The third-order valence-electron chi connectivity index (χ3n) is 6.21. The minimum atomic E-state index is 0.346. The fraction of sp³-hybridized carbons (Fsp3) is 0.135. The topological polar surface area (TPSA) is 59.7 Å². The van der Waals surface area contributed by atoms with Gasteiger partial charge in [-0.2, -0.15) is 10.2 Å². The Hall–Kier alpha value is -5.56. The standard InChI is InChI=1S/C37H32N5O/c1-42(2,3)27-32-25-33(13-9-29-17-21-38-22-18-29)37(34(26-32)14-10-30-19-23-39-24-20-30)43-28-31-11-15-36(16-12-31)41-40-35-7-5-4-6-8-35/h4-8,11-12,15-26H,27-28H2,1-3H3/q+1. The minimum absolute atomic E-state index is 0.346. The monoisotopic (exact) mass is 562 g/mol. The van der Waals surface area contributed by atoms with Crippen molar-refractivity contribution >= 4 is 11.4 Å². The molecule has 2 heterocycles. The molecule has 0 fully saturated rings. The molecular weight excluding hydrogens is 530 g/mol. The molecule has 0 amide bonds. The van der Waals surface area contributed by atoms with Crippen molar-refractivity contribution in [2.75, 3.05) is 21.1 Å². The zero-order chi connectivity index (χ0) is 29.9. The van der Waals surface area contributed by atoms with Crippen LogP contribution in [0.1, 0.15) is 33.4 Å². The fourth-order valence-corrected chi connectivity index (χ4v) is 4.24. The van der Waals surface area contributed by atoms with Gasteiger partial charge in [-0.15, -0.1) is 0 Å². The lowest BCUT2D eigenvalue weighted by atomic mass is 10.0. The van der Waals surface area contributed by atoms with Gasteiger partial charge in [-0.3, -0.25) is 9.97 Å². The molecule has 5 aromatic rings.